The molecule has 1 saturated heterocycles. The average Bonchev–Trinajstić information content (AvgIpc) is 3.22. The highest BCUT2D eigenvalue weighted by molar-refractivity contribution is 6.30. The van der Waals surface area contributed by atoms with Crippen LogP contribution in [0.15, 0.2) is 60.9 Å². The molecule has 2 aromatic carbocycles. The number of halogens is 1. The molecule has 6 heteroatoms. The number of hydrogen-bond donors (Lipinski definition) is 0. The molecule has 0 bridgehead atoms. The Balaban J connectivity index is 1.35. The zero-order valence-electron chi connectivity index (χ0n) is 17.0. The quantitative estimate of drug-likeness (QED) is 0.461. The summed E-state index contributed by atoms with van der Waals surface area (Å²) < 4.78 is 1.91. The second kappa shape index (κ2) is 8.17. The fraction of sp³-hybridized carbons (Fsp3) is 0.292. The SMILES string of the molecule is Cc1cc(C2CCCN(Cc3cccc(-c4ccc(Cl)cc4)c3)C2)n2ncnc2n1. The van der Waals surface area contributed by atoms with Crippen molar-refractivity contribution in [1.82, 2.24) is 24.5 Å². The Morgan fingerprint density at radius 3 is 2.80 bits per heavy atom. The minimum Gasteiger partial charge on any atom is -0.298 e. The van der Waals surface area contributed by atoms with Gasteiger partial charge in [-0.1, -0.05) is 41.9 Å². The largest absolute Gasteiger partial charge is 0.298 e. The number of piperidine rings is 1. The van der Waals surface area contributed by atoms with Gasteiger partial charge in [0.05, 0.1) is 5.69 Å². The van der Waals surface area contributed by atoms with E-state index in [0.29, 0.717) is 11.7 Å². The molecule has 1 atom stereocenters. The Morgan fingerprint density at radius 1 is 1.07 bits per heavy atom. The number of rotatable bonds is 4. The van der Waals surface area contributed by atoms with Crippen LogP contribution >= 0.6 is 11.6 Å². The summed E-state index contributed by atoms with van der Waals surface area (Å²) in [6.45, 7) is 5.11. The van der Waals surface area contributed by atoms with E-state index in [1.54, 1.807) is 6.33 Å². The first kappa shape index (κ1) is 19.2. The molecule has 4 aromatic rings. The summed E-state index contributed by atoms with van der Waals surface area (Å²) in [6, 6.07) is 19.0. The lowest BCUT2D eigenvalue weighted by molar-refractivity contribution is 0.197. The predicted octanol–water partition coefficient (Wildman–Crippen LogP) is 5.13. The number of aryl methyl sites for hydroxylation is 1. The number of benzene rings is 2. The van der Waals surface area contributed by atoms with E-state index in [0.717, 1.165) is 30.4 Å². The van der Waals surface area contributed by atoms with Crippen LogP contribution < -0.4 is 0 Å². The molecule has 0 saturated carbocycles. The highest BCUT2D eigenvalue weighted by atomic mass is 35.5. The summed E-state index contributed by atoms with van der Waals surface area (Å²) in [5.41, 5.74) is 5.97. The van der Waals surface area contributed by atoms with Gasteiger partial charge in [-0.15, -0.1) is 0 Å². The summed E-state index contributed by atoms with van der Waals surface area (Å²) in [4.78, 5) is 11.3. The highest BCUT2D eigenvalue weighted by Crippen LogP contribution is 2.29. The van der Waals surface area contributed by atoms with Gasteiger partial charge in [0.1, 0.15) is 6.33 Å². The zero-order valence-corrected chi connectivity index (χ0v) is 17.8. The molecule has 1 aliphatic heterocycles. The van der Waals surface area contributed by atoms with Crippen molar-refractivity contribution < 1.29 is 0 Å². The van der Waals surface area contributed by atoms with Crippen molar-refractivity contribution >= 4 is 17.4 Å². The minimum atomic E-state index is 0.434. The summed E-state index contributed by atoms with van der Waals surface area (Å²) in [5, 5.41) is 5.18. The van der Waals surface area contributed by atoms with Crippen LogP contribution in [-0.2, 0) is 6.54 Å². The minimum absolute atomic E-state index is 0.434. The molecule has 5 nitrogen and oxygen atoms in total. The first-order valence-electron chi connectivity index (χ1n) is 10.4. The number of aromatic nitrogens is 4. The maximum Gasteiger partial charge on any atom is 0.252 e. The van der Waals surface area contributed by atoms with Crippen LogP contribution in [-0.4, -0.2) is 37.6 Å². The fourth-order valence-corrected chi connectivity index (χ4v) is 4.57. The van der Waals surface area contributed by atoms with Crippen LogP contribution in [0.2, 0.25) is 5.02 Å². The van der Waals surface area contributed by atoms with Gasteiger partial charge in [-0.3, -0.25) is 4.90 Å². The van der Waals surface area contributed by atoms with Crippen molar-refractivity contribution in [3.63, 3.8) is 0 Å². The van der Waals surface area contributed by atoms with Gasteiger partial charge in [0.2, 0.25) is 0 Å². The van der Waals surface area contributed by atoms with Crippen molar-refractivity contribution in [1.29, 1.82) is 0 Å². The third kappa shape index (κ3) is 3.95. The van der Waals surface area contributed by atoms with Gasteiger partial charge >= 0.3 is 0 Å². The topological polar surface area (TPSA) is 46.3 Å². The maximum absolute atomic E-state index is 6.04. The average molecular weight is 418 g/mol. The van der Waals surface area contributed by atoms with E-state index in [1.807, 2.05) is 23.6 Å². The number of likely N-dealkylation sites (tertiary alicyclic amines) is 1. The van der Waals surface area contributed by atoms with Crippen molar-refractivity contribution in [2.45, 2.75) is 32.2 Å². The van der Waals surface area contributed by atoms with Gasteiger partial charge in [-0.05, 0) is 67.3 Å². The molecule has 0 amide bonds. The lowest BCUT2D eigenvalue weighted by Crippen LogP contribution is -2.34. The van der Waals surface area contributed by atoms with Crippen LogP contribution in [0, 0.1) is 6.92 Å². The van der Waals surface area contributed by atoms with E-state index in [1.165, 1.54) is 35.2 Å². The van der Waals surface area contributed by atoms with Gasteiger partial charge in [0, 0.05) is 29.7 Å². The molecule has 1 unspecified atom stereocenters. The van der Waals surface area contributed by atoms with Crippen LogP contribution in [0.5, 0.6) is 0 Å². The Morgan fingerprint density at radius 2 is 1.93 bits per heavy atom. The monoisotopic (exact) mass is 417 g/mol. The van der Waals surface area contributed by atoms with E-state index < -0.39 is 0 Å². The first-order valence-corrected chi connectivity index (χ1v) is 10.8. The van der Waals surface area contributed by atoms with E-state index in [-0.39, 0.29) is 0 Å². The number of nitrogens with zero attached hydrogens (tertiary/aromatic N) is 5. The molecule has 152 valence electrons. The van der Waals surface area contributed by atoms with E-state index in [4.69, 9.17) is 11.6 Å². The molecule has 30 heavy (non-hydrogen) atoms. The smallest absolute Gasteiger partial charge is 0.252 e. The lowest BCUT2D eigenvalue weighted by atomic mass is 9.93. The Labute approximate surface area is 181 Å². The molecular formula is C24H24ClN5. The van der Waals surface area contributed by atoms with E-state index in [2.05, 4.69) is 62.4 Å². The third-order valence-electron chi connectivity index (χ3n) is 5.84. The number of hydrogen-bond acceptors (Lipinski definition) is 4. The van der Waals surface area contributed by atoms with Crippen LogP contribution in [0.4, 0.5) is 0 Å². The molecule has 3 heterocycles. The third-order valence-corrected chi connectivity index (χ3v) is 6.09. The normalized spacial score (nSPS) is 17.5. The molecule has 1 fully saturated rings. The Hall–Kier alpha value is -2.76. The lowest BCUT2D eigenvalue weighted by Gasteiger charge is -2.33. The van der Waals surface area contributed by atoms with Gasteiger partial charge in [-0.2, -0.15) is 10.1 Å². The summed E-state index contributed by atoms with van der Waals surface area (Å²) in [5.74, 6) is 1.13. The second-order valence-electron chi connectivity index (χ2n) is 8.08. The van der Waals surface area contributed by atoms with E-state index in [9.17, 15) is 0 Å². The molecule has 5 rings (SSSR count). The molecule has 2 aromatic heterocycles. The molecule has 0 spiro atoms. The van der Waals surface area contributed by atoms with E-state index >= 15 is 0 Å². The summed E-state index contributed by atoms with van der Waals surface area (Å²) in [6.07, 6.45) is 3.94. The maximum atomic E-state index is 6.04. The van der Waals surface area contributed by atoms with Gasteiger partial charge in [-0.25, -0.2) is 9.50 Å². The number of fused-ring (bicyclic) bond motifs is 1. The molecule has 1 aliphatic rings. The highest BCUT2D eigenvalue weighted by Gasteiger charge is 2.24. The zero-order chi connectivity index (χ0) is 20.5. The molecule has 0 N–H and O–H groups in total. The summed E-state index contributed by atoms with van der Waals surface area (Å²) in [7, 11) is 0. The fourth-order valence-electron chi connectivity index (χ4n) is 4.44. The van der Waals surface area contributed by atoms with Crippen LogP contribution in [0.25, 0.3) is 16.9 Å². The predicted molar refractivity (Wildman–Crippen MR) is 120 cm³/mol. The molecule has 0 radical (unpaired) electrons. The van der Waals surface area contributed by atoms with Gasteiger partial charge in [0.25, 0.3) is 5.78 Å². The first-order chi connectivity index (χ1) is 14.7. The van der Waals surface area contributed by atoms with Crippen molar-refractivity contribution in [2.75, 3.05) is 13.1 Å². The van der Waals surface area contributed by atoms with Crippen LogP contribution in [0.1, 0.15) is 35.7 Å². The second-order valence-corrected chi connectivity index (χ2v) is 8.51. The molecular weight excluding hydrogens is 394 g/mol. The van der Waals surface area contributed by atoms with Crippen LogP contribution in [0.3, 0.4) is 0 Å². The van der Waals surface area contributed by atoms with Crippen molar-refractivity contribution in [3.8, 4) is 11.1 Å². The Kier molecular flexibility index (Phi) is 5.23. The molecule has 0 aliphatic carbocycles. The van der Waals surface area contributed by atoms with Crippen molar-refractivity contribution in [3.05, 3.63) is 82.9 Å². The standard InChI is InChI=1S/C24H24ClN5/c1-17-12-23(30-24(28-17)26-16-27-30)21-6-3-11-29(15-21)14-18-4-2-5-20(13-18)19-7-9-22(25)10-8-19/h2,4-5,7-10,12-13,16,21H,3,6,11,14-15H2,1H3. The summed E-state index contributed by atoms with van der Waals surface area (Å²) >= 11 is 6.04. The van der Waals surface area contributed by atoms with Gasteiger partial charge < -0.3 is 0 Å². The van der Waals surface area contributed by atoms with Crippen molar-refractivity contribution in [2.24, 2.45) is 0 Å². The Bertz CT molecular complexity index is 1170. The van der Waals surface area contributed by atoms with Gasteiger partial charge in [0.15, 0.2) is 0 Å².